The number of aromatic nitrogens is 4. The molecule has 0 aromatic carbocycles. The van der Waals surface area contributed by atoms with Crippen molar-refractivity contribution in [2.75, 3.05) is 12.3 Å². The van der Waals surface area contributed by atoms with Crippen LogP contribution in [0.1, 0.15) is 6.23 Å². The first-order valence-electron chi connectivity index (χ1n) is 8.93. The summed E-state index contributed by atoms with van der Waals surface area (Å²) in [4.78, 5) is 77.1. The van der Waals surface area contributed by atoms with Gasteiger partial charge in [-0.15, -0.1) is 4.86 Å². The SMILES string of the molecule is Nc1nc2c(ncn2[C@@H]2O[C@H](COP(=O)(O)OP(=O)(O)O)[C@@H](OP(=O)(O)NP(=O)(O)O)[C@H]2O)c(=O)[nH]1. The third-order valence-corrected chi connectivity index (χ3v) is 8.90. The van der Waals surface area contributed by atoms with Crippen molar-refractivity contribution in [3.05, 3.63) is 16.7 Å². The van der Waals surface area contributed by atoms with E-state index in [0.717, 1.165) is 15.8 Å². The van der Waals surface area contributed by atoms with E-state index in [4.69, 9.17) is 34.6 Å². The maximum atomic E-state index is 12.2. The number of phosphoric acid groups is 2. The number of anilines is 1. The quantitative estimate of drug-likeness (QED) is 0.124. The van der Waals surface area contributed by atoms with Crippen molar-refractivity contribution in [2.24, 2.45) is 0 Å². The van der Waals surface area contributed by atoms with Gasteiger partial charge in [-0.25, -0.2) is 23.2 Å². The molecule has 0 aliphatic carbocycles. The summed E-state index contributed by atoms with van der Waals surface area (Å²) in [6.45, 7) is -1.20. The Morgan fingerprint density at radius 2 is 1.81 bits per heavy atom. The topological polar surface area (TPSA) is 348 Å². The molecule has 2 aromatic rings. The number of hydrogen-bond donors (Lipinski definition) is 10. The number of hydrogen-bond acceptors (Lipinski definition) is 13. The number of H-pyrrole nitrogens is 1. The second-order valence-corrected chi connectivity index (χ2v) is 12.9. The van der Waals surface area contributed by atoms with E-state index < -0.39 is 67.8 Å². The van der Waals surface area contributed by atoms with Gasteiger partial charge in [0.2, 0.25) is 5.95 Å². The van der Waals surface area contributed by atoms with Gasteiger partial charge in [0.05, 0.1) is 12.9 Å². The molecule has 36 heavy (non-hydrogen) atoms. The largest absolute Gasteiger partial charge is 0.481 e. The second kappa shape index (κ2) is 10.0. The highest BCUT2D eigenvalue weighted by Crippen LogP contribution is 2.58. The third-order valence-electron chi connectivity index (χ3n) is 4.17. The van der Waals surface area contributed by atoms with Crippen LogP contribution >= 0.6 is 31.1 Å². The molecule has 6 atom stereocenters. The van der Waals surface area contributed by atoms with E-state index in [-0.39, 0.29) is 17.1 Å². The number of phosphoric ester groups is 1. The monoisotopic (exact) mass is 602 g/mol. The van der Waals surface area contributed by atoms with E-state index >= 15 is 0 Å². The van der Waals surface area contributed by atoms with Crippen molar-refractivity contribution in [3.8, 4) is 0 Å². The van der Waals surface area contributed by atoms with E-state index in [2.05, 4.69) is 23.8 Å². The minimum atomic E-state index is -5.53. The van der Waals surface area contributed by atoms with Crippen LogP contribution in [0.3, 0.4) is 0 Å². The Morgan fingerprint density at radius 3 is 2.39 bits per heavy atom. The van der Waals surface area contributed by atoms with Crippen molar-refractivity contribution < 1.29 is 70.8 Å². The summed E-state index contributed by atoms with van der Waals surface area (Å²) < 4.78 is 64.8. The summed E-state index contributed by atoms with van der Waals surface area (Å²) in [6.07, 6.45) is -6.73. The molecule has 1 fully saturated rings. The van der Waals surface area contributed by atoms with E-state index in [1.165, 1.54) is 0 Å². The molecule has 0 amide bonds. The second-order valence-electron chi connectivity index (χ2n) is 6.90. The molecule has 3 heterocycles. The van der Waals surface area contributed by atoms with Crippen LogP contribution < -0.4 is 16.2 Å². The summed E-state index contributed by atoms with van der Waals surface area (Å²) in [7, 11) is -21.8. The number of imidazole rings is 1. The average Bonchev–Trinajstić information content (AvgIpc) is 3.18. The molecular formula is C10H18N6O16P4. The summed E-state index contributed by atoms with van der Waals surface area (Å²) in [6, 6.07) is 0. The number of ether oxygens (including phenoxy) is 1. The molecule has 1 saturated heterocycles. The minimum Gasteiger partial charge on any atom is -0.386 e. The van der Waals surface area contributed by atoms with Crippen LogP contribution in [0.4, 0.5) is 5.95 Å². The van der Waals surface area contributed by atoms with E-state index in [1.54, 1.807) is 0 Å². The van der Waals surface area contributed by atoms with Gasteiger partial charge in [0.25, 0.3) is 5.56 Å². The van der Waals surface area contributed by atoms with Crippen molar-refractivity contribution in [1.29, 1.82) is 0 Å². The van der Waals surface area contributed by atoms with Gasteiger partial charge in [-0.1, -0.05) is 0 Å². The average molecular weight is 602 g/mol. The molecule has 2 aromatic heterocycles. The first-order valence-corrected chi connectivity index (χ1v) is 15.1. The van der Waals surface area contributed by atoms with Crippen LogP contribution in [0.25, 0.3) is 11.2 Å². The molecule has 0 radical (unpaired) electrons. The highest BCUT2D eigenvalue weighted by atomic mass is 31.3. The van der Waals surface area contributed by atoms with Gasteiger partial charge in [0.1, 0.15) is 18.3 Å². The molecule has 11 N–H and O–H groups in total. The zero-order valence-electron chi connectivity index (χ0n) is 17.1. The van der Waals surface area contributed by atoms with Gasteiger partial charge in [0, 0.05) is 0 Å². The van der Waals surface area contributed by atoms with Crippen LogP contribution in [-0.4, -0.2) is 78.9 Å². The third kappa shape index (κ3) is 7.33. The van der Waals surface area contributed by atoms with Crippen molar-refractivity contribution >= 4 is 48.3 Å². The first-order chi connectivity index (χ1) is 16.3. The van der Waals surface area contributed by atoms with Gasteiger partial charge in [-0.2, -0.15) is 9.29 Å². The Hall–Kier alpha value is -1.41. The number of aromatic amines is 1. The molecule has 1 aliphatic heterocycles. The number of nitrogens with one attached hydrogen (secondary N) is 2. The maximum absolute atomic E-state index is 12.2. The number of rotatable bonds is 10. The van der Waals surface area contributed by atoms with Crippen LogP contribution in [0.2, 0.25) is 0 Å². The number of aliphatic hydroxyl groups excluding tert-OH is 1. The molecule has 0 spiro atoms. The predicted octanol–water partition coefficient (Wildman–Crippen LogP) is -2.65. The predicted molar refractivity (Wildman–Crippen MR) is 111 cm³/mol. The minimum absolute atomic E-state index is 0.265. The fourth-order valence-corrected chi connectivity index (χ4v) is 6.72. The maximum Gasteiger partial charge on any atom is 0.481 e. The van der Waals surface area contributed by atoms with Crippen LogP contribution in [0.5, 0.6) is 0 Å². The molecule has 1 aliphatic rings. The normalized spacial score (nSPS) is 26.6. The number of nitrogens with zero attached hydrogens (tertiary/aromatic N) is 3. The Morgan fingerprint density at radius 1 is 1.17 bits per heavy atom. The van der Waals surface area contributed by atoms with Crippen molar-refractivity contribution in [1.82, 2.24) is 24.4 Å². The lowest BCUT2D eigenvalue weighted by Gasteiger charge is -2.24. The molecule has 22 nitrogen and oxygen atoms in total. The van der Waals surface area contributed by atoms with Crippen molar-refractivity contribution in [3.63, 3.8) is 0 Å². The van der Waals surface area contributed by atoms with E-state index in [9.17, 15) is 37.9 Å². The van der Waals surface area contributed by atoms with Gasteiger partial charge in [-0.05, 0) is 0 Å². The Kier molecular flexibility index (Phi) is 8.14. The highest BCUT2D eigenvalue weighted by Gasteiger charge is 2.50. The van der Waals surface area contributed by atoms with Gasteiger partial charge in [-0.3, -0.25) is 23.4 Å². The Bertz CT molecular complexity index is 1380. The lowest BCUT2D eigenvalue weighted by Crippen LogP contribution is -2.36. The highest BCUT2D eigenvalue weighted by molar-refractivity contribution is 7.66. The van der Waals surface area contributed by atoms with Gasteiger partial charge >= 0.3 is 31.1 Å². The number of aliphatic hydroxyl groups is 1. The molecule has 2 unspecified atom stereocenters. The molecule has 0 saturated carbocycles. The van der Waals surface area contributed by atoms with Crippen LogP contribution in [-0.2, 0) is 36.4 Å². The lowest BCUT2D eigenvalue weighted by atomic mass is 10.1. The van der Waals surface area contributed by atoms with Crippen LogP contribution in [0.15, 0.2) is 11.1 Å². The van der Waals surface area contributed by atoms with Gasteiger partial charge in [0.15, 0.2) is 17.4 Å². The Labute approximate surface area is 197 Å². The molecule has 26 heteroatoms. The fourth-order valence-electron chi connectivity index (χ4n) is 3.02. The summed E-state index contributed by atoms with van der Waals surface area (Å²) in [5, 5.41) is 10.7. The fraction of sp³-hybridized carbons (Fsp3) is 0.500. The number of fused-ring (bicyclic) bond motifs is 1. The summed E-state index contributed by atoms with van der Waals surface area (Å²) in [5.41, 5.74) is 4.14. The molecule has 0 bridgehead atoms. The van der Waals surface area contributed by atoms with E-state index in [1.807, 2.05) is 0 Å². The van der Waals surface area contributed by atoms with Gasteiger partial charge < -0.3 is 44.9 Å². The van der Waals surface area contributed by atoms with Crippen molar-refractivity contribution in [2.45, 2.75) is 24.5 Å². The first kappa shape index (κ1) is 29.2. The molecule has 204 valence electrons. The summed E-state index contributed by atoms with van der Waals surface area (Å²) in [5.74, 6) is -0.379. The summed E-state index contributed by atoms with van der Waals surface area (Å²) >= 11 is 0. The number of nitrogen functional groups attached to an aromatic ring is 1. The lowest BCUT2D eigenvalue weighted by molar-refractivity contribution is -0.0498. The van der Waals surface area contributed by atoms with E-state index in [0.29, 0.717) is 0 Å². The molecular weight excluding hydrogens is 584 g/mol. The number of nitrogens with two attached hydrogens (primary N) is 1. The zero-order valence-corrected chi connectivity index (χ0v) is 20.7. The zero-order chi connectivity index (χ0) is 27.3. The Balaban J connectivity index is 1.95. The smallest absolute Gasteiger partial charge is 0.386 e. The van der Waals surface area contributed by atoms with Crippen LogP contribution in [0, 0.1) is 0 Å². The standard InChI is InChI=1S/C10H18N6O16P4/c11-10-13-7-4(8(18)14-10)12-2-16(7)9-5(17)6(31-34(22,23)15-33(19,20)21)3(30-9)1-29-36(27,28)32-35(24,25)26/h2-3,5-6,9,17H,1H2,(H,27,28)(H2,24,25,26)(H3,11,13,14,18)(H4,15,19,20,21,22,23)/t3-,5-,6-,9-/m1/s1. The molecule has 3 rings (SSSR count).